The molecule has 0 aliphatic heterocycles. The summed E-state index contributed by atoms with van der Waals surface area (Å²) in [6.45, 7) is 1.33. The zero-order chi connectivity index (χ0) is 22.2. The Hall–Kier alpha value is -2.99. The molecule has 0 aliphatic carbocycles. The van der Waals surface area contributed by atoms with Crippen molar-refractivity contribution < 1.29 is 31.3 Å². The van der Waals surface area contributed by atoms with Crippen molar-refractivity contribution in [2.45, 2.75) is 19.7 Å². The number of rotatable bonds is 5. The molecule has 0 saturated carbocycles. The molecule has 0 fully saturated rings. The summed E-state index contributed by atoms with van der Waals surface area (Å²) in [5.74, 6) is 0. The first-order valence-corrected chi connectivity index (χ1v) is 8.94. The minimum atomic E-state index is -4.55. The normalized spacial score (nSPS) is 11.3. The van der Waals surface area contributed by atoms with E-state index in [9.17, 15) is 23.3 Å². The molecule has 29 heavy (non-hydrogen) atoms. The monoisotopic (exact) mass is 451 g/mol. The Morgan fingerprint density at radius 1 is 1.24 bits per heavy atom. The van der Waals surface area contributed by atoms with E-state index in [-0.39, 0.29) is 28.6 Å². The summed E-state index contributed by atoms with van der Waals surface area (Å²) < 4.78 is 61.9. The van der Waals surface area contributed by atoms with E-state index in [2.05, 4.69) is 5.16 Å². The Bertz CT molecular complexity index is 1000. The number of nitro benzene ring substituents is 1. The molecule has 2 aromatic rings. The summed E-state index contributed by atoms with van der Waals surface area (Å²) in [5.41, 5.74) is -0.515. The molecule has 0 aromatic heterocycles. The van der Waals surface area contributed by atoms with E-state index in [0.29, 0.717) is 5.56 Å². The molecular formula is C16H13ClF3N3O5S. The molecule has 0 bridgehead atoms. The van der Waals surface area contributed by atoms with Gasteiger partial charge >= 0.3 is 16.7 Å². The van der Waals surface area contributed by atoms with Crippen molar-refractivity contribution in [3.63, 3.8) is 0 Å². The van der Waals surface area contributed by atoms with Crippen molar-refractivity contribution >= 4 is 33.5 Å². The third kappa shape index (κ3) is 8.27. The van der Waals surface area contributed by atoms with Crippen LogP contribution < -0.4 is 0 Å². The zero-order valence-corrected chi connectivity index (χ0v) is 16.2. The van der Waals surface area contributed by atoms with E-state index < -0.39 is 27.2 Å². The van der Waals surface area contributed by atoms with Crippen LogP contribution in [0, 0.1) is 14.9 Å². The second-order valence-corrected chi connectivity index (χ2v) is 6.20. The van der Waals surface area contributed by atoms with Crippen LogP contribution in [0.25, 0.3) is 0 Å². The number of alkyl halides is 3. The average Bonchev–Trinajstić information content (AvgIpc) is 2.60. The number of nitrogens with zero attached hydrogens (tertiary/aromatic N) is 2. The lowest BCUT2D eigenvalue weighted by Gasteiger charge is -2.12. The smallest absolute Gasteiger partial charge is 0.391 e. The fourth-order valence-electron chi connectivity index (χ4n) is 2.03. The molecule has 1 N–H and O–H groups in total. The quantitative estimate of drug-likeness (QED) is 0.396. The summed E-state index contributed by atoms with van der Waals surface area (Å²) in [7, 11) is -2.61. The van der Waals surface area contributed by atoms with Crippen LogP contribution in [-0.2, 0) is 28.1 Å². The summed E-state index contributed by atoms with van der Waals surface area (Å²) in [6, 6.07) is 8.75. The fraction of sp³-hybridized carbons (Fsp3) is 0.188. The van der Waals surface area contributed by atoms with Gasteiger partial charge in [-0.15, -0.1) is 0 Å². The van der Waals surface area contributed by atoms with E-state index in [1.165, 1.54) is 37.3 Å². The molecule has 0 heterocycles. The van der Waals surface area contributed by atoms with Crippen molar-refractivity contribution in [3.8, 4) is 0 Å². The zero-order valence-electron chi connectivity index (χ0n) is 14.6. The lowest BCUT2D eigenvalue weighted by Crippen LogP contribution is -2.12. The fourth-order valence-corrected chi connectivity index (χ4v) is 2.20. The number of non-ortho nitro benzene ring substituents is 1. The summed E-state index contributed by atoms with van der Waals surface area (Å²) in [6.07, 6.45) is -4.55. The van der Waals surface area contributed by atoms with Crippen molar-refractivity contribution in [2.24, 2.45) is 5.16 Å². The second kappa shape index (κ2) is 10.5. The highest BCUT2D eigenvalue weighted by Gasteiger charge is 2.34. The first-order valence-electron chi connectivity index (χ1n) is 7.49. The van der Waals surface area contributed by atoms with Gasteiger partial charge in [-0.1, -0.05) is 16.8 Å². The van der Waals surface area contributed by atoms with Gasteiger partial charge in [-0.25, -0.2) is 0 Å². The van der Waals surface area contributed by atoms with Gasteiger partial charge in [-0.2, -0.15) is 26.4 Å². The first kappa shape index (κ1) is 24.0. The lowest BCUT2D eigenvalue weighted by atomic mass is 10.0. The maximum absolute atomic E-state index is 13.0. The number of benzene rings is 2. The number of hydrogen-bond donors (Lipinski definition) is 1. The van der Waals surface area contributed by atoms with Crippen LogP contribution in [0.1, 0.15) is 23.6 Å². The highest BCUT2D eigenvalue weighted by atomic mass is 35.5. The molecule has 0 radical (unpaired) electrons. The largest absolute Gasteiger partial charge is 0.417 e. The molecule has 0 amide bonds. The third-order valence-electron chi connectivity index (χ3n) is 3.26. The summed E-state index contributed by atoms with van der Waals surface area (Å²) >= 11 is 5.76. The first-order chi connectivity index (χ1) is 13.4. The molecule has 0 unspecified atom stereocenters. The van der Waals surface area contributed by atoms with Crippen LogP contribution in [0.5, 0.6) is 0 Å². The molecule has 13 heteroatoms. The maximum atomic E-state index is 13.0. The minimum absolute atomic E-state index is 0.0109. The third-order valence-corrected chi connectivity index (χ3v) is 3.49. The Kier molecular flexibility index (Phi) is 8.73. The predicted molar refractivity (Wildman–Crippen MR) is 98.2 cm³/mol. The van der Waals surface area contributed by atoms with Gasteiger partial charge in [0.05, 0.1) is 16.2 Å². The molecule has 0 atom stereocenters. The van der Waals surface area contributed by atoms with Crippen LogP contribution in [0.4, 0.5) is 18.9 Å². The highest BCUT2D eigenvalue weighted by Crippen LogP contribution is 2.33. The lowest BCUT2D eigenvalue weighted by molar-refractivity contribution is -0.384. The van der Waals surface area contributed by atoms with E-state index >= 15 is 0 Å². The second-order valence-electron chi connectivity index (χ2n) is 5.30. The van der Waals surface area contributed by atoms with E-state index in [1.54, 1.807) is 0 Å². The van der Waals surface area contributed by atoms with Crippen molar-refractivity contribution in [1.29, 1.82) is 4.78 Å². The molecule has 0 saturated heterocycles. The average molecular weight is 452 g/mol. The highest BCUT2D eigenvalue weighted by molar-refractivity contribution is 7.60. The van der Waals surface area contributed by atoms with Gasteiger partial charge < -0.3 is 4.84 Å². The van der Waals surface area contributed by atoms with E-state index in [4.69, 9.17) is 29.6 Å². The Balaban J connectivity index is 0.000000960. The number of nitrogens with one attached hydrogen (secondary N) is 1. The molecule has 2 aromatic carbocycles. The summed E-state index contributed by atoms with van der Waals surface area (Å²) in [5, 5.41) is 14.4. The van der Waals surface area contributed by atoms with Crippen molar-refractivity contribution in [3.05, 3.63) is 74.3 Å². The van der Waals surface area contributed by atoms with E-state index in [1.807, 2.05) is 0 Å². The standard InChI is InChI=1S/C16H12ClF3N2O3.HNO2S/c1-10(14-8-12(17)4-7-15(14)16(18,19)20)21-25-9-11-2-5-13(6-3-11)22(23)24;1-4(2)3/h2-8H,9H2,1H3;1H/b21-10+;. The van der Waals surface area contributed by atoms with Crippen LogP contribution in [0.2, 0.25) is 5.02 Å². The van der Waals surface area contributed by atoms with Gasteiger partial charge in [0, 0.05) is 22.7 Å². The Labute approximate surface area is 169 Å². The number of nitro groups is 1. The topological polar surface area (TPSA) is 123 Å². The van der Waals surface area contributed by atoms with Gasteiger partial charge in [0.15, 0.2) is 0 Å². The molecule has 156 valence electrons. The molecule has 0 aliphatic rings. The molecule has 8 nitrogen and oxygen atoms in total. The van der Waals surface area contributed by atoms with Gasteiger partial charge in [0.1, 0.15) is 6.61 Å². The number of hydrogen-bond acceptors (Lipinski definition) is 7. The number of oxime groups is 1. The molecule has 2 rings (SSSR count). The van der Waals surface area contributed by atoms with Crippen molar-refractivity contribution in [1.82, 2.24) is 0 Å². The Morgan fingerprint density at radius 3 is 2.28 bits per heavy atom. The van der Waals surface area contributed by atoms with Gasteiger partial charge in [0.25, 0.3) is 5.69 Å². The van der Waals surface area contributed by atoms with Crippen LogP contribution >= 0.6 is 11.6 Å². The predicted octanol–water partition coefficient (Wildman–Crippen LogP) is 4.84. The Morgan fingerprint density at radius 2 is 1.79 bits per heavy atom. The van der Waals surface area contributed by atoms with Crippen LogP contribution in [0.15, 0.2) is 47.6 Å². The minimum Gasteiger partial charge on any atom is -0.391 e. The van der Waals surface area contributed by atoms with Crippen LogP contribution in [-0.4, -0.2) is 19.1 Å². The van der Waals surface area contributed by atoms with E-state index in [0.717, 1.165) is 12.1 Å². The summed E-state index contributed by atoms with van der Waals surface area (Å²) in [4.78, 5) is 15.1. The number of halogens is 4. The molecule has 0 spiro atoms. The molecular weight excluding hydrogens is 439 g/mol. The van der Waals surface area contributed by atoms with Gasteiger partial charge in [-0.3, -0.25) is 10.1 Å². The maximum Gasteiger partial charge on any atom is 0.417 e. The van der Waals surface area contributed by atoms with Gasteiger partial charge in [-0.05, 0) is 42.8 Å². The van der Waals surface area contributed by atoms with Crippen LogP contribution in [0.3, 0.4) is 0 Å². The van der Waals surface area contributed by atoms with Gasteiger partial charge in [0.2, 0.25) is 0 Å². The van der Waals surface area contributed by atoms with Crippen molar-refractivity contribution in [2.75, 3.05) is 0 Å². The SMILES string of the molecule is C/C(=N\OCc1ccc([N+](=O)[O-])cc1)c1cc(Cl)ccc1C(F)(F)F.N=S(=O)=O.